The minimum atomic E-state index is 0.284. The van der Waals surface area contributed by atoms with Crippen LogP contribution in [0.3, 0.4) is 0 Å². The molecule has 0 N–H and O–H groups in total. The normalized spacial score (nSPS) is 20.2. The molecule has 1 aromatic rings. The topological polar surface area (TPSA) is 30.0 Å². The lowest BCUT2D eigenvalue weighted by atomic mass is 9.83. The first-order chi connectivity index (χ1) is 6.77. The summed E-state index contributed by atoms with van der Waals surface area (Å²) in [5.41, 5.74) is 2.50. The second kappa shape index (κ2) is 3.91. The van der Waals surface area contributed by atoms with E-state index in [1.54, 1.807) is 6.92 Å². The molecule has 1 aromatic heterocycles. The third-order valence-corrected chi connectivity index (χ3v) is 2.87. The number of aromatic nitrogens is 1. The molecule has 0 amide bonds. The minimum Gasteiger partial charge on any atom is -0.300 e. The van der Waals surface area contributed by atoms with Gasteiger partial charge in [0.1, 0.15) is 5.78 Å². The van der Waals surface area contributed by atoms with Gasteiger partial charge in [0.15, 0.2) is 0 Å². The van der Waals surface area contributed by atoms with E-state index >= 15 is 0 Å². The van der Waals surface area contributed by atoms with Crippen LogP contribution >= 0.6 is 0 Å². The highest BCUT2D eigenvalue weighted by atomic mass is 16.1. The zero-order chi connectivity index (χ0) is 9.97. The second-order valence-electron chi connectivity index (χ2n) is 4.03. The fourth-order valence-electron chi connectivity index (χ4n) is 2.26. The van der Waals surface area contributed by atoms with Gasteiger partial charge in [0.05, 0.1) is 0 Å². The van der Waals surface area contributed by atoms with E-state index < -0.39 is 0 Å². The van der Waals surface area contributed by atoms with Crippen LogP contribution in [0.5, 0.6) is 0 Å². The first-order valence-electron chi connectivity index (χ1n) is 5.20. The van der Waals surface area contributed by atoms with Crippen molar-refractivity contribution >= 4 is 5.78 Å². The average molecular weight is 189 g/mol. The molecule has 0 saturated carbocycles. The van der Waals surface area contributed by atoms with Gasteiger partial charge in [-0.15, -0.1) is 0 Å². The predicted octanol–water partition coefficient (Wildman–Crippen LogP) is 2.48. The molecule has 14 heavy (non-hydrogen) atoms. The average Bonchev–Trinajstić information content (AvgIpc) is 2.18. The Morgan fingerprint density at radius 1 is 1.64 bits per heavy atom. The molecule has 74 valence electrons. The van der Waals surface area contributed by atoms with Gasteiger partial charge in [-0.1, -0.05) is 6.07 Å². The lowest BCUT2D eigenvalue weighted by Gasteiger charge is -2.23. The highest BCUT2D eigenvalue weighted by Crippen LogP contribution is 2.32. The Balaban J connectivity index is 2.26. The molecular weight excluding hydrogens is 174 g/mol. The van der Waals surface area contributed by atoms with Crippen molar-refractivity contribution < 1.29 is 4.79 Å². The van der Waals surface area contributed by atoms with Crippen LogP contribution in [0, 0.1) is 0 Å². The molecule has 1 aliphatic rings. The molecule has 0 saturated heterocycles. The maximum absolute atomic E-state index is 11.1. The second-order valence-corrected chi connectivity index (χ2v) is 4.03. The number of carbonyl (C=O) groups excluding carboxylic acids is 1. The summed E-state index contributed by atoms with van der Waals surface area (Å²) in [5, 5.41) is 0. The van der Waals surface area contributed by atoms with Crippen LogP contribution in [0.4, 0.5) is 0 Å². The Morgan fingerprint density at radius 2 is 2.50 bits per heavy atom. The summed E-state index contributed by atoms with van der Waals surface area (Å²) in [4.78, 5) is 15.5. The van der Waals surface area contributed by atoms with Crippen molar-refractivity contribution in [2.45, 2.75) is 38.5 Å². The van der Waals surface area contributed by atoms with Crippen molar-refractivity contribution in [2.75, 3.05) is 0 Å². The molecule has 1 unspecified atom stereocenters. The summed E-state index contributed by atoms with van der Waals surface area (Å²) in [6, 6.07) is 4.09. The van der Waals surface area contributed by atoms with E-state index in [4.69, 9.17) is 0 Å². The van der Waals surface area contributed by atoms with Gasteiger partial charge in [0.25, 0.3) is 0 Å². The zero-order valence-corrected chi connectivity index (χ0v) is 8.49. The van der Waals surface area contributed by atoms with E-state index in [9.17, 15) is 4.79 Å². The van der Waals surface area contributed by atoms with E-state index in [2.05, 4.69) is 11.1 Å². The molecular formula is C12H15NO. The van der Waals surface area contributed by atoms with Crippen molar-refractivity contribution in [3.05, 3.63) is 29.6 Å². The Morgan fingerprint density at radius 3 is 3.29 bits per heavy atom. The van der Waals surface area contributed by atoms with Gasteiger partial charge >= 0.3 is 0 Å². The number of aryl methyl sites for hydroxylation is 1. The van der Waals surface area contributed by atoms with Crippen molar-refractivity contribution in [3.8, 4) is 0 Å². The Labute approximate surface area is 84.4 Å². The first kappa shape index (κ1) is 9.38. The van der Waals surface area contributed by atoms with Crippen LogP contribution in [-0.4, -0.2) is 10.8 Å². The third-order valence-electron chi connectivity index (χ3n) is 2.87. The van der Waals surface area contributed by atoms with E-state index in [-0.39, 0.29) is 5.78 Å². The van der Waals surface area contributed by atoms with Crippen LogP contribution in [0.2, 0.25) is 0 Å². The van der Waals surface area contributed by atoms with Crippen LogP contribution in [0.25, 0.3) is 0 Å². The largest absolute Gasteiger partial charge is 0.300 e. The van der Waals surface area contributed by atoms with Crippen molar-refractivity contribution in [1.29, 1.82) is 0 Å². The lowest BCUT2D eigenvalue weighted by molar-refractivity contribution is -0.117. The monoisotopic (exact) mass is 189 g/mol. The van der Waals surface area contributed by atoms with Gasteiger partial charge < -0.3 is 4.79 Å². The molecule has 1 aliphatic carbocycles. The SMILES string of the molecule is CC(=O)CC1CCCc2ncccc21. The summed E-state index contributed by atoms with van der Waals surface area (Å²) < 4.78 is 0. The molecule has 1 heterocycles. The number of fused-ring (bicyclic) bond motifs is 1. The first-order valence-corrected chi connectivity index (χ1v) is 5.20. The zero-order valence-electron chi connectivity index (χ0n) is 8.49. The molecule has 0 aromatic carbocycles. The summed E-state index contributed by atoms with van der Waals surface area (Å²) in [6.07, 6.45) is 5.90. The maximum Gasteiger partial charge on any atom is 0.130 e. The molecule has 2 nitrogen and oxygen atoms in total. The molecule has 2 rings (SSSR count). The fourth-order valence-corrected chi connectivity index (χ4v) is 2.26. The fraction of sp³-hybridized carbons (Fsp3) is 0.500. The molecule has 0 aliphatic heterocycles. The maximum atomic E-state index is 11.1. The molecule has 0 bridgehead atoms. The lowest BCUT2D eigenvalue weighted by Crippen LogP contribution is -2.13. The molecule has 0 spiro atoms. The number of nitrogens with zero attached hydrogens (tertiary/aromatic N) is 1. The Kier molecular flexibility index (Phi) is 2.62. The molecule has 1 atom stereocenters. The van der Waals surface area contributed by atoms with Crippen LogP contribution in [0.15, 0.2) is 18.3 Å². The van der Waals surface area contributed by atoms with Crippen molar-refractivity contribution in [1.82, 2.24) is 4.98 Å². The number of hydrogen-bond acceptors (Lipinski definition) is 2. The summed E-state index contributed by atoms with van der Waals surface area (Å²) in [6.45, 7) is 1.67. The number of rotatable bonds is 2. The molecule has 0 fully saturated rings. The predicted molar refractivity (Wildman–Crippen MR) is 55.2 cm³/mol. The number of Topliss-reactive ketones (excluding diaryl/α,β-unsaturated/α-hetero) is 1. The summed E-state index contributed by atoms with van der Waals surface area (Å²) in [5.74, 6) is 0.705. The molecule has 2 heteroatoms. The summed E-state index contributed by atoms with van der Waals surface area (Å²) in [7, 11) is 0. The highest BCUT2D eigenvalue weighted by Gasteiger charge is 2.21. The molecule has 0 radical (unpaired) electrons. The van der Waals surface area contributed by atoms with Gasteiger partial charge in [0, 0.05) is 18.3 Å². The van der Waals surface area contributed by atoms with Gasteiger partial charge in [-0.2, -0.15) is 0 Å². The number of ketones is 1. The van der Waals surface area contributed by atoms with Crippen LogP contribution < -0.4 is 0 Å². The third kappa shape index (κ3) is 1.84. The Hall–Kier alpha value is -1.18. The highest BCUT2D eigenvalue weighted by molar-refractivity contribution is 5.76. The number of carbonyl (C=O) groups is 1. The minimum absolute atomic E-state index is 0.284. The number of hydrogen-bond donors (Lipinski definition) is 0. The van der Waals surface area contributed by atoms with Crippen molar-refractivity contribution in [3.63, 3.8) is 0 Å². The Bertz CT molecular complexity index is 346. The van der Waals surface area contributed by atoms with E-state index in [1.807, 2.05) is 12.3 Å². The van der Waals surface area contributed by atoms with Crippen molar-refractivity contribution in [2.24, 2.45) is 0 Å². The quantitative estimate of drug-likeness (QED) is 0.715. The van der Waals surface area contributed by atoms with E-state index in [0.29, 0.717) is 12.3 Å². The van der Waals surface area contributed by atoms with Gasteiger partial charge in [-0.3, -0.25) is 4.98 Å². The van der Waals surface area contributed by atoms with Gasteiger partial charge in [0.2, 0.25) is 0 Å². The van der Waals surface area contributed by atoms with E-state index in [0.717, 1.165) is 12.8 Å². The van der Waals surface area contributed by atoms with E-state index in [1.165, 1.54) is 17.7 Å². The van der Waals surface area contributed by atoms with Crippen LogP contribution in [-0.2, 0) is 11.2 Å². The van der Waals surface area contributed by atoms with Crippen LogP contribution in [0.1, 0.15) is 43.4 Å². The standard InChI is InChI=1S/C12H15NO/c1-9(14)8-10-4-2-6-12-11(10)5-3-7-13-12/h3,5,7,10H,2,4,6,8H2,1H3. The smallest absolute Gasteiger partial charge is 0.130 e. The van der Waals surface area contributed by atoms with Gasteiger partial charge in [-0.25, -0.2) is 0 Å². The summed E-state index contributed by atoms with van der Waals surface area (Å²) >= 11 is 0. The number of pyridine rings is 1. The van der Waals surface area contributed by atoms with Gasteiger partial charge in [-0.05, 0) is 43.7 Å².